The summed E-state index contributed by atoms with van der Waals surface area (Å²) in [5.74, 6) is 0.317. The zero-order chi connectivity index (χ0) is 18.5. The van der Waals surface area contributed by atoms with E-state index in [1.807, 2.05) is 13.8 Å². The fourth-order valence-electron chi connectivity index (χ4n) is 3.55. The van der Waals surface area contributed by atoms with Crippen molar-refractivity contribution in [3.05, 3.63) is 23.3 Å². The van der Waals surface area contributed by atoms with Crippen LogP contribution >= 0.6 is 0 Å². The highest BCUT2D eigenvalue weighted by molar-refractivity contribution is 5.84. The molecule has 0 aromatic carbocycles. The van der Waals surface area contributed by atoms with Crippen LogP contribution in [0.25, 0.3) is 5.78 Å². The average molecular weight is 358 g/mol. The Morgan fingerprint density at radius 2 is 1.96 bits per heavy atom. The molecule has 2 heterocycles. The van der Waals surface area contributed by atoms with Crippen LogP contribution in [0.3, 0.4) is 0 Å². The Labute approximate surface area is 152 Å². The number of aromatic nitrogens is 4. The van der Waals surface area contributed by atoms with Crippen molar-refractivity contribution < 1.29 is 9.59 Å². The zero-order valence-corrected chi connectivity index (χ0v) is 15.4. The first kappa shape index (κ1) is 18.3. The van der Waals surface area contributed by atoms with Gasteiger partial charge in [-0.05, 0) is 38.7 Å². The summed E-state index contributed by atoms with van der Waals surface area (Å²) in [4.78, 5) is 32.6. The Hall–Kier alpha value is -2.51. The molecule has 2 N–H and O–H groups in total. The summed E-state index contributed by atoms with van der Waals surface area (Å²) in [5.41, 5.74) is 2.78. The van der Waals surface area contributed by atoms with Crippen molar-refractivity contribution in [2.75, 3.05) is 6.54 Å². The van der Waals surface area contributed by atoms with E-state index in [2.05, 4.69) is 25.7 Å². The molecule has 0 bridgehead atoms. The number of hydrogen-bond donors (Lipinski definition) is 2. The molecule has 26 heavy (non-hydrogen) atoms. The number of nitrogens with one attached hydrogen (secondary N) is 2. The van der Waals surface area contributed by atoms with Crippen LogP contribution in [0.5, 0.6) is 0 Å². The Morgan fingerprint density at radius 3 is 2.73 bits per heavy atom. The molecule has 2 aromatic heterocycles. The molecule has 0 atom stereocenters. The minimum atomic E-state index is -0.138. The monoisotopic (exact) mass is 358 g/mol. The second-order valence-electron chi connectivity index (χ2n) is 6.91. The first-order valence-corrected chi connectivity index (χ1v) is 9.26. The van der Waals surface area contributed by atoms with E-state index in [1.165, 1.54) is 25.6 Å². The highest BCUT2D eigenvalue weighted by atomic mass is 16.2. The number of hydrogen-bond acceptors (Lipinski definition) is 5. The predicted octanol–water partition coefficient (Wildman–Crippen LogP) is 1.24. The van der Waals surface area contributed by atoms with Gasteiger partial charge in [0, 0.05) is 23.9 Å². The van der Waals surface area contributed by atoms with Gasteiger partial charge >= 0.3 is 0 Å². The number of amides is 2. The van der Waals surface area contributed by atoms with Crippen LogP contribution in [-0.2, 0) is 16.0 Å². The van der Waals surface area contributed by atoms with Gasteiger partial charge in [-0.3, -0.25) is 9.59 Å². The van der Waals surface area contributed by atoms with E-state index in [0.717, 1.165) is 29.8 Å². The van der Waals surface area contributed by atoms with Crippen molar-refractivity contribution in [1.82, 2.24) is 30.2 Å². The van der Waals surface area contributed by atoms with Crippen molar-refractivity contribution in [1.29, 1.82) is 0 Å². The van der Waals surface area contributed by atoms with E-state index < -0.39 is 0 Å². The summed E-state index contributed by atoms with van der Waals surface area (Å²) < 4.78 is 1.68. The molecule has 1 aliphatic rings. The van der Waals surface area contributed by atoms with Gasteiger partial charge in [0.15, 0.2) is 0 Å². The molecule has 1 fully saturated rings. The van der Waals surface area contributed by atoms with E-state index in [1.54, 1.807) is 4.52 Å². The number of fused-ring (bicyclic) bond motifs is 1. The van der Waals surface area contributed by atoms with Gasteiger partial charge in [0.25, 0.3) is 5.78 Å². The molecular weight excluding hydrogens is 332 g/mol. The predicted molar refractivity (Wildman–Crippen MR) is 96.6 cm³/mol. The van der Waals surface area contributed by atoms with Gasteiger partial charge < -0.3 is 10.6 Å². The molecule has 8 nitrogen and oxygen atoms in total. The molecule has 8 heteroatoms. The van der Waals surface area contributed by atoms with E-state index >= 15 is 0 Å². The molecule has 1 aliphatic carbocycles. The van der Waals surface area contributed by atoms with Crippen LogP contribution in [0, 0.1) is 13.8 Å². The SMILES string of the molecule is Cc1nc2ncnn2c(C)c1CCC(=O)NCC(=O)NC1CCCCC1. The Balaban J connectivity index is 1.47. The van der Waals surface area contributed by atoms with Crippen molar-refractivity contribution in [2.45, 2.75) is 64.8 Å². The summed E-state index contributed by atoms with van der Waals surface area (Å²) in [7, 11) is 0. The number of nitrogens with zero attached hydrogens (tertiary/aromatic N) is 4. The highest BCUT2D eigenvalue weighted by Crippen LogP contribution is 2.17. The second-order valence-corrected chi connectivity index (χ2v) is 6.91. The van der Waals surface area contributed by atoms with Crippen LogP contribution in [0.4, 0.5) is 0 Å². The van der Waals surface area contributed by atoms with Gasteiger partial charge in [0.2, 0.25) is 11.8 Å². The van der Waals surface area contributed by atoms with Gasteiger partial charge in [-0.2, -0.15) is 10.1 Å². The molecule has 0 aliphatic heterocycles. The summed E-state index contributed by atoms with van der Waals surface area (Å²) in [6.45, 7) is 3.89. The molecule has 0 radical (unpaired) electrons. The fraction of sp³-hybridized carbons (Fsp3) is 0.611. The van der Waals surface area contributed by atoms with E-state index in [0.29, 0.717) is 18.6 Å². The Kier molecular flexibility index (Phi) is 5.80. The zero-order valence-electron chi connectivity index (χ0n) is 15.4. The number of carbonyl (C=O) groups is 2. The normalized spacial score (nSPS) is 15.2. The lowest BCUT2D eigenvalue weighted by Crippen LogP contribution is -2.42. The molecule has 0 unspecified atom stereocenters. The molecular formula is C18H26N6O2. The number of carbonyl (C=O) groups excluding carboxylic acids is 2. The van der Waals surface area contributed by atoms with Gasteiger partial charge in [0.1, 0.15) is 6.33 Å². The van der Waals surface area contributed by atoms with Crippen LogP contribution in [-0.4, -0.2) is 44.0 Å². The summed E-state index contributed by atoms with van der Waals surface area (Å²) in [6, 6.07) is 0.263. The lowest BCUT2D eigenvalue weighted by molar-refractivity contribution is -0.126. The van der Waals surface area contributed by atoms with Crippen molar-refractivity contribution in [3.63, 3.8) is 0 Å². The number of aryl methyl sites for hydroxylation is 2. The standard InChI is InChI=1S/C18H26N6O2/c1-12-15(13(2)24-18(22-12)20-11-21-24)8-9-16(25)19-10-17(26)23-14-6-4-3-5-7-14/h11,14H,3-10H2,1-2H3,(H,19,25)(H,23,26). The molecule has 2 aromatic rings. The maximum atomic E-state index is 12.1. The first-order valence-electron chi connectivity index (χ1n) is 9.26. The lowest BCUT2D eigenvalue weighted by atomic mass is 9.95. The Morgan fingerprint density at radius 1 is 1.19 bits per heavy atom. The van der Waals surface area contributed by atoms with E-state index in [-0.39, 0.29) is 24.4 Å². The average Bonchev–Trinajstić information content (AvgIpc) is 3.09. The van der Waals surface area contributed by atoms with Gasteiger partial charge in [-0.1, -0.05) is 19.3 Å². The first-order chi connectivity index (χ1) is 12.5. The molecule has 1 saturated carbocycles. The smallest absolute Gasteiger partial charge is 0.252 e. The van der Waals surface area contributed by atoms with Crippen LogP contribution in [0.1, 0.15) is 55.5 Å². The maximum Gasteiger partial charge on any atom is 0.252 e. The van der Waals surface area contributed by atoms with Crippen molar-refractivity contribution in [2.24, 2.45) is 0 Å². The van der Waals surface area contributed by atoms with Crippen LogP contribution in [0.15, 0.2) is 6.33 Å². The third-order valence-corrected chi connectivity index (χ3v) is 5.01. The van der Waals surface area contributed by atoms with Crippen molar-refractivity contribution in [3.8, 4) is 0 Å². The van der Waals surface area contributed by atoms with Crippen LogP contribution < -0.4 is 10.6 Å². The molecule has 2 amide bonds. The Bertz CT molecular complexity index is 794. The third kappa shape index (κ3) is 4.36. The molecule has 0 saturated heterocycles. The molecule has 140 valence electrons. The topological polar surface area (TPSA) is 101 Å². The lowest BCUT2D eigenvalue weighted by Gasteiger charge is -2.22. The quantitative estimate of drug-likeness (QED) is 0.809. The van der Waals surface area contributed by atoms with Gasteiger partial charge in [0.05, 0.1) is 6.54 Å². The van der Waals surface area contributed by atoms with Gasteiger partial charge in [-0.25, -0.2) is 9.50 Å². The fourth-order valence-corrected chi connectivity index (χ4v) is 3.55. The largest absolute Gasteiger partial charge is 0.352 e. The van der Waals surface area contributed by atoms with Gasteiger partial charge in [-0.15, -0.1) is 0 Å². The third-order valence-electron chi connectivity index (χ3n) is 5.01. The highest BCUT2D eigenvalue weighted by Gasteiger charge is 2.16. The van der Waals surface area contributed by atoms with Crippen molar-refractivity contribution >= 4 is 17.6 Å². The summed E-state index contributed by atoms with van der Waals surface area (Å²) >= 11 is 0. The van der Waals surface area contributed by atoms with E-state index in [9.17, 15) is 9.59 Å². The molecule has 0 spiro atoms. The number of rotatable bonds is 6. The summed E-state index contributed by atoms with van der Waals surface area (Å²) in [6.07, 6.45) is 7.98. The van der Waals surface area contributed by atoms with Crippen LogP contribution in [0.2, 0.25) is 0 Å². The second kappa shape index (κ2) is 8.25. The maximum absolute atomic E-state index is 12.1. The summed E-state index contributed by atoms with van der Waals surface area (Å²) in [5, 5.41) is 9.86. The minimum Gasteiger partial charge on any atom is -0.352 e. The molecule has 3 rings (SSSR count). The van der Waals surface area contributed by atoms with E-state index in [4.69, 9.17) is 0 Å². The minimum absolute atomic E-state index is 0.0354.